The molecule has 0 aliphatic carbocycles. The third-order valence-corrected chi connectivity index (χ3v) is 7.09. The van der Waals surface area contributed by atoms with Gasteiger partial charge >= 0.3 is 0 Å². The van der Waals surface area contributed by atoms with E-state index in [4.69, 9.17) is 9.72 Å². The van der Waals surface area contributed by atoms with Crippen molar-refractivity contribution in [1.82, 2.24) is 19.9 Å². The van der Waals surface area contributed by atoms with Crippen LogP contribution in [-0.4, -0.2) is 54.1 Å². The highest BCUT2D eigenvalue weighted by Crippen LogP contribution is 2.44. The fourth-order valence-corrected chi connectivity index (χ4v) is 4.89. The van der Waals surface area contributed by atoms with Crippen molar-refractivity contribution in [1.29, 1.82) is 0 Å². The maximum Gasteiger partial charge on any atom is 0.222 e. The van der Waals surface area contributed by atoms with E-state index in [-0.39, 0.29) is 5.41 Å². The van der Waals surface area contributed by atoms with E-state index in [2.05, 4.69) is 46.3 Å². The van der Waals surface area contributed by atoms with Gasteiger partial charge in [0.1, 0.15) is 5.75 Å². The Bertz CT molecular complexity index is 978. The van der Waals surface area contributed by atoms with Gasteiger partial charge in [0.25, 0.3) is 0 Å². The molecule has 1 fully saturated rings. The first-order valence-corrected chi connectivity index (χ1v) is 11.7. The lowest BCUT2D eigenvalue weighted by molar-refractivity contribution is 0.199. The number of hydrogen-bond acceptors (Lipinski definition) is 7. The molecule has 3 heterocycles. The summed E-state index contributed by atoms with van der Waals surface area (Å²) in [7, 11) is 5.71. The molecule has 1 aliphatic rings. The summed E-state index contributed by atoms with van der Waals surface area (Å²) >= 11 is 1.76. The number of ether oxygens (including phenoxy) is 1. The minimum absolute atomic E-state index is 0.0928. The predicted molar refractivity (Wildman–Crippen MR) is 130 cm³/mol. The van der Waals surface area contributed by atoms with Crippen LogP contribution in [0.3, 0.4) is 0 Å². The van der Waals surface area contributed by atoms with Crippen LogP contribution in [-0.2, 0) is 5.41 Å². The number of methoxy groups -OCH3 is 1. The quantitative estimate of drug-likeness (QED) is 0.580. The van der Waals surface area contributed by atoms with E-state index < -0.39 is 0 Å². The molecule has 0 bridgehead atoms. The molecule has 1 aliphatic heterocycles. The van der Waals surface area contributed by atoms with E-state index in [1.54, 1.807) is 24.6 Å². The van der Waals surface area contributed by atoms with E-state index in [0.29, 0.717) is 5.95 Å². The Hall–Kier alpha value is -2.51. The number of aromatic nitrogens is 3. The van der Waals surface area contributed by atoms with Crippen LogP contribution in [0.2, 0.25) is 0 Å². The number of nitrogens with one attached hydrogen (secondary N) is 1. The average molecular weight is 440 g/mol. The van der Waals surface area contributed by atoms with Crippen LogP contribution in [0.5, 0.6) is 5.75 Å². The first-order valence-electron chi connectivity index (χ1n) is 10.9. The Morgan fingerprint density at radius 1 is 1.06 bits per heavy atom. The van der Waals surface area contributed by atoms with Gasteiger partial charge in [-0.15, -0.1) is 11.3 Å². The molecular weight excluding hydrogens is 406 g/mol. The first kappa shape index (κ1) is 23.2. The molecule has 0 saturated carbocycles. The molecule has 2 aromatic heterocycles. The van der Waals surface area contributed by atoms with Gasteiger partial charge < -0.3 is 15.0 Å². The highest BCUT2D eigenvalue weighted by atomic mass is 32.1. The second-order valence-corrected chi connectivity index (χ2v) is 8.80. The standard InChI is InChI=1S/C22H27N5OS.C2H6/c1-22(10-13-27(3)14-11-22)20-26-18(15-5-7-16(28-4)8-6-15)19(29-20)17-9-12-24-21(23-2)25-17;1-2/h5-9,12H,10-11,13-14H2,1-4H3,(H,23,24,25);1-2H3. The maximum atomic E-state index is 5.33. The lowest BCUT2D eigenvalue weighted by Crippen LogP contribution is -2.38. The first-order chi connectivity index (χ1) is 15.0. The third-order valence-electron chi connectivity index (χ3n) is 5.71. The van der Waals surface area contributed by atoms with E-state index in [1.807, 2.05) is 39.1 Å². The molecule has 1 N–H and O–H groups in total. The van der Waals surface area contributed by atoms with Crippen molar-refractivity contribution in [3.05, 3.63) is 41.5 Å². The highest BCUT2D eigenvalue weighted by molar-refractivity contribution is 7.15. The fourth-order valence-electron chi connectivity index (χ4n) is 3.63. The smallest absolute Gasteiger partial charge is 0.222 e. The normalized spacial score (nSPS) is 15.7. The Labute approximate surface area is 189 Å². The lowest BCUT2D eigenvalue weighted by Gasteiger charge is -2.36. The van der Waals surface area contributed by atoms with Gasteiger partial charge in [0.05, 0.1) is 28.4 Å². The number of thiazole rings is 1. The van der Waals surface area contributed by atoms with Gasteiger partial charge in [0.15, 0.2) is 0 Å². The third kappa shape index (κ3) is 5.05. The molecule has 0 amide bonds. The van der Waals surface area contributed by atoms with Gasteiger partial charge in [-0.3, -0.25) is 0 Å². The van der Waals surface area contributed by atoms with E-state index in [9.17, 15) is 0 Å². The largest absolute Gasteiger partial charge is 0.497 e. The van der Waals surface area contributed by atoms with E-state index >= 15 is 0 Å². The van der Waals surface area contributed by atoms with Crippen LogP contribution >= 0.6 is 11.3 Å². The summed E-state index contributed by atoms with van der Waals surface area (Å²) in [5.74, 6) is 1.45. The second kappa shape index (κ2) is 10.2. The number of piperidine rings is 1. The zero-order valence-corrected chi connectivity index (χ0v) is 20.2. The molecule has 1 saturated heterocycles. The van der Waals surface area contributed by atoms with Crippen LogP contribution in [0.4, 0.5) is 5.95 Å². The van der Waals surface area contributed by atoms with Crippen molar-refractivity contribution in [3.63, 3.8) is 0 Å². The summed E-state index contributed by atoms with van der Waals surface area (Å²) in [6.07, 6.45) is 4.02. The molecule has 0 unspecified atom stereocenters. The molecule has 6 nitrogen and oxygen atoms in total. The molecule has 1 aromatic carbocycles. The highest BCUT2D eigenvalue weighted by Gasteiger charge is 2.35. The zero-order valence-electron chi connectivity index (χ0n) is 19.4. The number of likely N-dealkylation sites (tertiary alicyclic amines) is 1. The fraction of sp³-hybridized carbons (Fsp3) is 0.458. The van der Waals surface area contributed by atoms with Crippen molar-refractivity contribution in [2.75, 3.05) is 39.6 Å². The maximum absolute atomic E-state index is 5.33. The van der Waals surface area contributed by atoms with E-state index in [1.165, 1.54) is 5.01 Å². The number of rotatable bonds is 5. The number of anilines is 1. The summed E-state index contributed by atoms with van der Waals surface area (Å²) in [6, 6.07) is 10.1. The van der Waals surface area contributed by atoms with Crippen molar-refractivity contribution < 1.29 is 4.74 Å². The summed E-state index contributed by atoms with van der Waals surface area (Å²) < 4.78 is 5.33. The number of benzene rings is 1. The Morgan fingerprint density at radius 3 is 2.35 bits per heavy atom. The number of nitrogens with zero attached hydrogens (tertiary/aromatic N) is 4. The lowest BCUT2D eigenvalue weighted by atomic mass is 9.81. The topological polar surface area (TPSA) is 63.2 Å². The van der Waals surface area contributed by atoms with Crippen LogP contribution in [0, 0.1) is 0 Å². The van der Waals surface area contributed by atoms with Crippen LogP contribution in [0.15, 0.2) is 36.5 Å². The minimum atomic E-state index is 0.0928. The summed E-state index contributed by atoms with van der Waals surface area (Å²) in [5, 5.41) is 4.22. The van der Waals surface area contributed by atoms with Gasteiger partial charge in [-0.1, -0.05) is 20.8 Å². The Balaban J connectivity index is 0.00000132. The molecule has 7 heteroatoms. The molecule has 166 valence electrons. The molecule has 0 radical (unpaired) electrons. The van der Waals surface area contributed by atoms with Gasteiger partial charge in [-0.25, -0.2) is 15.0 Å². The van der Waals surface area contributed by atoms with Crippen molar-refractivity contribution in [3.8, 4) is 27.6 Å². The molecule has 0 spiro atoms. The van der Waals surface area contributed by atoms with Crippen LogP contribution < -0.4 is 10.1 Å². The van der Waals surface area contributed by atoms with Crippen molar-refractivity contribution >= 4 is 17.3 Å². The Kier molecular flexibility index (Phi) is 7.62. The molecule has 0 atom stereocenters. The van der Waals surface area contributed by atoms with Crippen LogP contribution in [0.25, 0.3) is 21.8 Å². The SMILES string of the molecule is CC.CNc1nccc(-c2sc(C3(C)CCN(C)CC3)nc2-c2ccc(OC)cc2)n1. The van der Waals surface area contributed by atoms with Gasteiger partial charge in [0.2, 0.25) is 5.95 Å². The molecule has 3 aromatic rings. The monoisotopic (exact) mass is 439 g/mol. The molecule has 4 rings (SSSR count). The summed E-state index contributed by atoms with van der Waals surface area (Å²) in [5.41, 5.74) is 3.05. The van der Waals surface area contributed by atoms with Gasteiger partial charge in [-0.2, -0.15) is 0 Å². The summed E-state index contributed by atoms with van der Waals surface area (Å²) in [4.78, 5) is 17.6. The molecular formula is C24H33N5OS. The van der Waals surface area contributed by atoms with Crippen molar-refractivity contribution in [2.45, 2.75) is 39.0 Å². The predicted octanol–water partition coefficient (Wildman–Crippen LogP) is 5.33. The molecule has 31 heavy (non-hydrogen) atoms. The van der Waals surface area contributed by atoms with Crippen LogP contribution in [0.1, 0.15) is 38.6 Å². The minimum Gasteiger partial charge on any atom is -0.497 e. The zero-order chi connectivity index (χ0) is 22.4. The van der Waals surface area contributed by atoms with Gasteiger partial charge in [0, 0.05) is 24.2 Å². The van der Waals surface area contributed by atoms with Crippen molar-refractivity contribution in [2.24, 2.45) is 0 Å². The average Bonchev–Trinajstić information content (AvgIpc) is 3.29. The van der Waals surface area contributed by atoms with Gasteiger partial charge in [-0.05, 0) is 63.3 Å². The number of hydrogen-bond donors (Lipinski definition) is 1. The second-order valence-electron chi connectivity index (χ2n) is 7.80. The summed E-state index contributed by atoms with van der Waals surface area (Å²) in [6.45, 7) is 8.54. The van der Waals surface area contributed by atoms with E-state index in [0.717, 1.165) is 53.5 Å². The Morgan fingerprint density at radius 2 is 1.74 bits per heavy atom.